The number of rotatable bonds is 9. The van der Waals surface area contributed by atoms with Crippen molar-refractivity contribution >= 4 is 34.8 Å². The number of methoxy groups -OCH3 is 1. The summed E-state index contributed by atoms with van der Waals surface area (Å²) < 4.78 is 15.8. The first-order chi connectivity index (χ1) is 18.3. The van der Waals surface area contributed by atoms with Crippen LogP contribution in [0.5, 0.6) is 0 Å². The number of thioether (sulfide) groups is 1. The summed E-state index contributed by atoms with van der Waals surface area (Å²) in [5.41, 5.74) is 3.80. The van der Waals surface area contributed by atoms with Gasteiger partial charge in [-0.15, -0.1) is 0 Å². The number of aryl methyl sites for hydroxylation is 1. The summed E-state index contributed by atoms with van der Waals surface area (Å²) in [4.78, 5) is 47.4. The van der Waals surface area contributed by atoms with Gasteiger partial charge in [0.1, 0.15) is 6.61 Å². The predicted molar refractivity (Wildman–Crippen MR) is 145 cm³/mol. The van der Waals surface area contributed by atoms with E-state index in [1.807, 2.05) is 48.4 Å². The summed E-state index contributed by atoms with van der Waals surface area (Å²) in [5, 5.41) is 2.64. The molecule has 3 aliphatic rings. The molecule has 1 aromatic carbocycles. The number of benzene rings is 1. The molecule has 10 heteroatoms. The topological polar surface area (TPSA) is 97.7 Å². The van der Waals surface area contributed by atoms with Crippen molar-refractivity contribution < 1.29 is 28.6 Å². The number of esters is 2. The number of fused-ring (bicyclic) bond motifs is 1. The number of nitrogens with zero attached hydrogens (tertiary/aromatic N) is 3. The highest BCUT2D eigenvalue weighted by atomic mass is 32.2. The SMILES string of the molecule is CCOC(=O)C1CCCN(C(=O)CC2=CSC3=NC(C)=C(C(=O)OCCOC)C(c4ccc(C)cc4)N23)C1. The van der Waals surface area contributed by atoms with E-state index < -0.39 is 12.0 Å². The maximum absolute atomic E-state index is 13.4. The molecule has 9 nitrogen and oxygen atoms in total. The maximum Gasteiger partial charge on any atom is 0.338 e. The van der Waals surface area contributed by atoms with Crippen LogP contribution in [0.3, 0.4) is 0 Å². The molecule has 2 atom stereocenters. The summed E-state index contributed by atoms with van der Waals surface area (Å²) in [6.45, 7) is 7.33. The second-order valence-corrected chi connectivity index (χ2v) is 10.4. The lowest BCUT2D eigenvalue weighted by Crippen LogP contribution is -2.44. The van der Waals surface area contributed by atoms with E-state index in [-0.39, 0.29) is 30.8 Å². The van der Waals surface area contributed by atoms with Crippen LogP contribution in [0.4, 0.5) is 0 Å². The number of ether oxygens (including phenoxy) is 3. The molecule has 0 bridgehead atoms. The van der Waals surface area contributed by atoms with E-state index >= 15 is 0 Å². The maximum atomic E-state index is 13.4. The molecule has 0 N–H and O–H groups in total. The van der Waals surface area contributed by atoms with Crippen LogP contribution >= 0.6 is 11.8 Å². The average molecular weight is 542 g/mol. The molecule has 1 amide bonds. The van der Waals surface area contributed by atoms with E-state index in [2.05, 4.69) is 0 Å². The third kappa shape index (κ3) is 6.13. The molecule has 1 aromatic rings. The van der Waals surface area contributed by atoms with E-state index in [0.29, 0.717) is 42.7 Å². The molecule has 4 rings (SSSR count). The fourth-order valence-corrected chi connectivity index (χ4v) is 5.88. The molecule has 0 radical (unpaired) electrons. The molecule has 0 aromatic heterocycles. The summed E-state index contributed by atoms with van der Waals surface area (Å²) in [7, 11) is 1.55. The minimum Gasteiger partial charge on any atom is -0.466 e. The van der Waals surface area contributed by atoms with E-state index in [4.69, 9.17) is 19.2 Å². The fraction of sp³-hybridized carbons (Fsp3) is 0.500. The number of likely N-dealkylation sites (tertiary alicyclic amines) is 1. The zero-order chi connectivity index (χ0) is 27.2. The van der Waals surface area contributed by atoms with Gasteiger partial charge >= 0.3 is 11.9 Å². The number of aliphatic imine (C=N–C) groups is 1. The van der Waals surface area contributed by atoms with Crippen LogP contribution in [0.15, 0.2) is 51.6 Å². The number of amides is 1. The van der Waals surface area contributed by atoms with Gasteiger partial charge < -0.3 is 24.0 Å². The zero-order valence-corrected chi connectivity index (χ0v) is 23.2. The minimum atomic E-state index is -0.485. The number of hydrogen-bond donors (Lipinski definition) is 0. The van der Waals surface area contributed by atoms with Gasteiger partial charge in [-0.2, -0.15) is 0 Å². The molecule has 204 valence electrons. The smallest absolute Gasteiger partial charge is 0.338 e. The fourth-order valence-electron chi connectivity index (χ4n) is 4.91. The molecule has 3 heterocycles. The van der Waals surface area contributed by atoms with Crippen LogP contribution in [0.2, 0.25) is 0 Å². The van der Waals surface area contributed by atoms with Crippen molar-refractivity contribution in [2.24, 2.45) is 10.9 Å². The summed E-state index contributed by atoms with van der Waals surface area (Å²) in [6.07, 6.45) is 1.61. The van der Waals surface area contributed by atoms with E-state index in [0.717, 1.165) is 29.7 Å². The number of amidine groups is 1. The Balaban J connectivity index is 1.58. The van der Waals surface area contributed by atoms with E-state index in [1.54, 1.807) is 18.9 Å². The lowest BCUT2D eigenvalue weighted by molar-refractivity contribution is -0.151. The van der Waals surface area contributed by atoms with Gasteiger partial charge in [0.25, 0.3) is 0 Å². The van der Waals surface area contributed by atoms with Crippen molar-refractivity contribution in [3.05, 3.63) is 57.8 Å². The Hall–Kier alpha value is -3.11. The molecule has 38 heavy (non-hydrogen) atoms. The molecule has 0 spiro atoms. The van der Waals surface area contributed by atoms with Crippen LogP contribution < -0.4 is 0 Å². The standard InChI is InChI=1S/C28H35N3O6S/c1-5-36-26(33)21-7-6-12-30(16-21)23(32)15-22-17-38-28-29-19(3)24(27(34)37-14-13-35-4)25(31(22)28)20-10-8-18(2)9-11-20/h8-11,17,21,25H,5-7,12-16H2,1-4H3. The Kier molecular flexibility index (Phi) is 9.27. The largest absolute Gasteiger partial charge is 0.466 e. The molecule has 3 aliphatic heterocycles. The minimum absolute atomic E-state index is 0.0646. The van der Waals surface area contributed by atoms with Crippen molar-refractivity contribution in [3.63, 3.8) is 0 Å². The van der Waals surface area contributed by atoms with Crippen molar-refractivity contribution in [2.45, 2.75) is 46.1 Å². The molecule has 1 fully saturated rings. The highest BCUT2D eigenvalue weighted by Gasteiger charge is 2.41. The van der Waals surface area contributed by atoms with Crippen molar-refractivity contribution in [2.75, 3.05) is 40.0 Å². The van der Waals surface area contributed by atoms with Crippen molar-refractivity contribution in [1.29, 1.82) is 0 Å². The van der Waals surface area contributed by atoms with E-state index in [9.17, 15) is 14.4 Å². The summed E-state index contributed by atoms with van der Waals surface area (Å²) in [6, 6.07) is 7.52. The number of carbonyl (C=O) groups excluding carboxylic acids is 3. The molecule has 0 aliphatic carbocycles. The lowest BCUT2D eigenvalue weighted by atomic mass is 9.93. The van der Waals surface area contributed by atoms with E-state index in [1.165, 1.54) is 11.8 Å². The molecule has 0 saturated carbocycles. The van der Waals surface area contributed by atoms with Gasteiger partial charge in [0.05, 0.1) is 42.9 Å². The Labute approximate surface area is 227 Å². The highest BCUT2D eigenvalue weighted by Crippen LogP contribution is 2.45. The first-order valence-electron chi connectivity index (χ1n) is 13.0. The Morgan fingerprint density at radius 3 is 2.58 bits per heavy atom. The number of piperidine rings is 1. The number of carbonyl (C=O) groups is 3. The van der Waals surface area contributed by atoms with Crippen molar-refractivity contribution in [1.82, 2.24) is 9.80 Å². The van der Waals surface area contributed by atoms with Crippen LogP contribution in [0.1, 0.15) is 50.3 Å². The number of allylic oxidation sites excluding steroid dienone is 1. The third-order valence-corrected chi connectivity index (χ3v) is 7.75. The molecule has 1 saturated heterocycles. The third-order valence-electron chi connectivity index (χ3n) is 6.86. The second kappa shape index (κ2) is 12.6. The molecular weight excluding hydrogens is 506 g/mol. The summed E-state index contributed by atoms with van der Waals surface area (Å²) in [5.74, 6) is -1.07. The van der Waals surface area contributed by atoms with Gasteiger partial charge in [0.15, 0.2) is 5.17 Å². The van der Waals surface area contributed by atoms with Gasteiger partial charge in [0, 0.05) is 25.9 Å². The van der Waals surface area contributed by atoms with Gasteiger partial charge in [-0.25, -0.2) is 9.79 Å². The molecular formula is C28H35N3O6S. The highest BCUT2D eigenvalue weighted by molar-refractivity contribution is 8.16. The summed E-state index contributed by atoms with van der Waals surface area (Å²) >= 11 is 1.44. The second-order valence-electron chi connectivity index (χ2n) is 9.54. The van der Waals surface area contributed by atoms with Gasteiger partial charge in [0.2, 0.25) is 5.91 Å². The zero-order valence-electron chi connectivity index (χ0n) is 22.4. The van der Waals surface area contributed by atoms with Crippen LogP contribution in [-0.2, 0) is 28.6 Å². The Morgan fingerprint density at radius 2 is 1.87 bits per heavy atom. The Bertz CT molecular complexity index is 1160. The monoisotopic (exact) mass is 541 g/mol. The predicted octanol–water partition coefficient (Wildman–Crippen LogP) is 3.95. The quantitative estimate of drug-likeness (QED) is 0.342. The van der Waals surface area contributed by atoms with Gasteiger partial charge in [-0.3, -0.25) is 9.59 Å². The van der Waals surface area contributed by atoms with Crippen molar-refractivity contribution in [3.8, 4) is 0 Å². The van der Waals surface area contributed by atoms with Gasteiger partial charge in [-0.1, -0.05) is 41.6 Å². The first kappa shape index (κ1) is 27.9. The Morgan fingerprint density at radius 1 is 1.11 bits per heavy atom. The normalized spacial score (nSPS) is 21.1. The molecule has 2 unspecified atom stereocenters. The number of hydrogen-bond acceptors (Lipinski definition) is 9. The van der Waals surface area contributed by atoms with Crippen LogP contribution in [-0.4, -0.2) is 72.8 Å². The van der Waals surface area contributed by atoms with Gasteiger partial charge in [-0.05, 0) is 44.6 Å². The lowest BCUT2D eigenvalue weighted by Gasteiger charge is -2.37. The average Bonchev–Trinajstić information content (AvgIpc) is 3.30. The first-order valence-corrected chi connectivity index (χ1v) is 13.8. The van der Waals surface area contributed by atoms with Crippen LogP contribution in [0, 0.1) is 12.8 Å². The van der Waals surface area contributed by atoms with Crippen LogP contribution in [0.25, 0.3) is 0 Å².